The Balaban J connectivity index is 1.36. The number of nitrogens with zero attached hydrogens (tertiary/aromatic N) is 4. The lowest BCUT2D eigenvalue weighted by Crippen LogP contribution is -2.42. The maximum Gasteiger partial charge on any atom is 0.134 e. The van der Waals surface area contributed by atoms with Crippen LogP contribution >= 0.6 is 0 Å². The van der Waals surface area contributed by atoms with Gasteiger partial charge in [-0.2, -0.15) is 0 Å². The van der Waals surface area contributed by atoms with Gasteiger partial charge in [-0.05, 0) is 44.2 Å². The van der Waals surface area contributed by atoms with Crippen molar-refractivity contribution in [2.75, 3.05) is 41.4 Å². The third kappa shape index (κ3) is 4.33. The van der Waals surface area contributed by atoms with Gasteiger partial charge in [0.15, 0.2) is 0 Å². The molecule has 2 aliphatic heterocycles. The predicted molar refractivity (Wildman–Crippen MR) is 109 cm³/mol. The number of benzene rings is 1. The largest absolute Gasteiger partial charge is 0.394 e. The number of piperidine rings is 2. The molecule has 0 saturated carbocycles. The standard InChI is InChI=1S/C21H29N5O/c27-15-19-8-4-5-11-26(19)21-14-20(22-16-23-21)24-17-9-12-25(13-10-17)18-6-2-1-3-7-18/h1-3,6-7,14,16-17,19,27H,4-5,8-13,15H2,(H,22,23,24). The second-order valence-electron chi connectivity index (χ2n) is 7.53. The third-order valence-corrected chi connectivity index (χ3v) is 5.75. The Morgan fingerprint density at radius 1 is 1.00 bits per heavy atom. The van der Waals surface area contributed by atoms with Crippen LogP contribution in [0.3, 0.4) is 0 Å². The van der Waals surface area contributed by atoms with Gasteiger partial charge in [0, 0.05) is 37.4 Å². The summed E-state index contributed by atoms with van der Waals surface area (Å²) in [6.45, 7) is 3.25. The quantitative estimate of drug-likeness (QED) is 0.847. The number of anilines is 3. The van der Waals surface area contributed by atoms with E-state index in [1.807, 2.05) is 6.07 Å². The van der Waals surface area contributed by atoms with E-state index in [-0.39, 0.29) is 12.6 Å². The molecule has 0 radical (unpaired) electrons. The molecule has 0 aliphatic carbocycles. The number of para-hydroxylation sites is 1. The van der Waals surface area contributed by atoms with Gasteiger partial charge in [0.2, 0.25) is 0 Å². The Hall–Kier alpha value is -2.34. The summed E-state index contributed by atoms with van der Waals surface area (Å²) >= 11 is 0. The van der Waals surface area contributed by atoms with Crippen molar-refractivity contribution in [1.82, 2.24) is 9.97 Å². The zero-order valence-electron chi connectivity index (χ0n) is 15.8. The number of rotatable bonds is 5. The average Bonchev–Trinajstić information content (AvgIpc) is 2.75. The highest BCUT2D eigenvalue weighted by atomic mass is 16.3. The molecule has 1 unspecified atom stereocenters. The summed E-state index contributed by atoms with van der Waals surface area (Å²) in [5, 5.41) is 13.3. The second-order valence-corrected chi connectivity index (χ2v) is 7.53. The minimum absolute atomic E-state index is 0.176. The molecule has 6 nitrogen and oxygen atoms in total. The fraction of sp³-hybridized carbons (Fsp3) is 0.524. The number of aromatic nitrogens is 2. The first-order valence-electron chi connectivity index (χ1n) is 10.1. The van der Waals surface area contributed by atoms with Crippen LogP contribution in [0.2, 0.25) is 0 Å². The molecule has 144 valence electrons. The van der Waals surface area contributed by atoms with Crippen LogP contribution in [0.1, 0.15) is 32.1 Å². The summed E-state index contributed by atoms with van der Waals surface area (Å²) in [6, 6.07) is 13.3. The van der Waals surface area contributed by atoms with Crippen LogP contribution in [0.15, 0.2) is 42.7 Å². The van der Waals surface area contributed by atoms with E-state index in [9.17, 15) is 5.11 Å². The van der Waals surface area contributed by atoms with Gasteiger partial charge < -0.3 is 20.2 Å². The lowest BCUT2D eigenvalue weighted by Gasteiger charge is -2.36. The highest BCUT2D eigenvalue weighted by Crippen LogP contribution is 2.25. The van der Waals surface area contributed by atoms with E-state index in [2.05, 4.69) is 55.4 Å². The van der Waals surface area contributed by atoms with Crippen molar-refractivity contribution in [1.29, 1.82) is 0 Å². The minimum atomic E-state index is 0.176. The molecule has 2 fully saturated rings. The van der Waals surface area contributed by atoms with Gasteiger partial charge in [-0.15, -0.1) is 0 Å². The molecular formula is C21H29N5O. The van der Waals surface area contributed by atoms with Crippen LogP contribution in [0.4, 0.5) is 17.3 Å². The van der Waals surface area contributed by atoms with Gasteiger partial charge >= 0.3 is 0 Å². The zero-order valence-corrected chi connectivity index (χ0v) is 15.8. The van der Waals surface area contributed by atoms with Gasteiger partial charge in [0.25, 0.3) is 0 Å². The molecule has 2 saturated heterocycles. The molecular weight excluding hydrogens is 338 g/mol. The van der Waals surface area contributed by atoms with Crippen molar-refractivity contribution in [2.45, 2.75) is 44.2 Å². The monoisotopic (exact) mass is 367 g/mol. The molecule has 1 atom stereocenters. The maximum atomic E-state index is 9.67. The van der Waals surface area contributed by atoms with Crippen molar-refractivity contribution < 1.29 is 5.11 Å². The van der Waals surface area contributed by atoms with Gasteiger partial charge in [0.1, 0.15) is 18.0 Å². The van der Waals surface area contributed by atoms with Crippen molar-refractivity contribution in [3.63, 3.8) is 0 Å². The molecule has 3 heterocycles. The molecule has 0 spiro atoms. The minimum Gasteiger partial charge on any atom is -0.394 e. The fourth-order valence-electron chi connectivity index (χ4n) is 4.20. The van der Waals surface area contributed by atoms with E-state index in [0.29, 0.717) is 6.04 Å². The van der Waals surface area contributed by atoms with E-state index in [1.54, 1.807) is 6.33 Å². The number of aliphatic hydroxyl groups excluding tert-OH is 1. The zero-order chi connectivity index (χ0) is 18.5. The topological polar surface area (TPSA) is 64.5 Å². The van der Waals surface area contributed by atoms with Crippen LogP contribution in [-0.2, 0) is 0 Å². The number of hydrogen-bond acceptors (Lipinski definition) is 6. The summed E-state index contributed by atoms with van der Waals surface area (Å²) in [4.78, 5) is 13.6. The summed E-state index contributed by atoms with van der Waals surface area (Å²) in [6.07, 6.45) is 7.19. The molecule has 6 heteroatoms. The first-order chi connectivity index (χ1) is 13.3. The predicted octanol–water partition coefficient (Wildman–Crippen LogP) is 2.91. The Morgan fingerprint density at radius 2 is 1.81 bits per heavy atom. The Bertz CT molecular complexity index is 718. The summed E-state index contributed by atoms with van der Waals surface area (Å²) in [7, 11) is 0. The van der Waals surface area contributed by atoms with Crippen LogP contribution in [0.5, 0.6) is 0 Å². The summed E-state index contributed by atoms with van der Waals surface area (Å²) < 4.78 is 0. The molecule has 2 aromatic rings. The molecule has 0 bridgehead atoms. The molecule has 2 N–H and O–H groups in total. The van der Waals surface area contributed by atoms with Crippen molar-refractivity contribution in [3.8, 4) is 0 Å². The lowest BCUT2D eigenvalue weighted by molar-refractivity contribution is 0.239. The SMILES string of the molecule is OCC1CCCCN1c1cc(NC2CCN(c3ccccc3)CC2)ncn1. The van der Waals surface area contributed by atoms with Crippen molar-refractivity contribution in [3.05, 3.63) is 42.7 Å². The molecule has 2 aliphatic rings. The van der Waals surface area contributed by atoms with E-state index in [4.69, 9.17) is 0 Å². The Morgan fingerprint density at radius 3 is 2.59 bits per heavy atom. The number of nitrogens with one attached hydrogen (secondary N) is 1. The molecule has 0 amide bonds. The van der Waals surface area contributed by atoms with Gasteiger partial charge in [-0.1, -0.05) is 18.2 Å². The second kappa shape index (κ2) is 8.57. The first kappa shape index (κ1) is 18.0. The summed E-state index contributed by atoms with van der Waals surface area (Å²) in [5.74, 6) is 1.81. The van der Waals surface area contributed by atoms with Crippen LogP contribution in [0, 0.1) is 0 Å². The van der Waals surface area contributed by atoms with Gasteiger partial charge in [-0.25, -0.2) is 9.97 Å². The number of aliphatic hydroxyl groups is 1. The molecule has 1 aromatic heterocycles. The van der Waals surface area contributed by atoms with Crippen LogP contribution in [0.25, 0.3) is 0 Å². The molecule has 4 rings (SSSR count). The highest BCUT2D eigenvalue weighted by Gasteiger charge is 2.24. The fourth-order valence-corrected chi connectivity index (χ4v) is 4.20. The first-order valence-corrected chi connectivity index (χ1v) is 10.1. The van der Waals surface area contributed by atoms with Gasteiger partial charge in [0.05, 0.1) is 12.6 Å². The van der Waals surface area contributed by atoms with Crippen molar-refractivity contribution >= 4 is 17.3 Å². The Kier molecular flexibility index (Phi) is 5.72. The van der Waals surface area contributed by atoms with E-state index >= 15 is 0 Å². The molecule has 1 aromatic carbocycles. The lowest BCUT2D eigenvalue weighted by atomic mass is 10.0. The van der Waals surface area contributed by atoms with E-state index in [1.165, 1.54) is 12.1 Å². The maximum absolute atomic E-state index is 9.67. The van der Waals surface area contributed by atoms with E-state index < -0.39 is 0 Å². The smallest absolute Gasteiger partial charge is 0.134 e. The third-order valence-electron chi connectivity index (χ3n) is 5.75. The van der Waals surface area contributed by atoms with Crippen LogP contribution in [-0.4, -0.2) is 53.4 Å². The Labute approximate surface area is 161 Å². The van der Waals surface area contributed by atoms with Crippen LogP contribution < -0.4 is 15.1 Å². The van der Waals surface area contributed by atoms with E-state index in [0.717, 1.165) is 57.0 Å². The highest BCUT2D eigenvalue weighted by molar-refractivity contribution is 5.51. The summed E-state index contributed by atoms with van der Waals surface area (Å²) in [5.41, 5.74) is 1.31. The van der Waals surface area contributed by atoms with Crippen molar-refractivity contribution in [2.24, 2.45) is 0 Å². The number of hydrogen-bond donors (Lipinski definition) is 2. The van der Waals surface area contributed by atoms with Gasteiger partial charge in [-0.3, -0.25) is 0 Å². The normalized spacial score (nSPS) is 21.3. The average molecular weight is 367 g/mol. The molecule has 27 heavy (non-hydrogen) atoms.